The fourth-order valence-electron chi connectivity index (χ4n) is 2.85. The molecule has 2 N–H and O–H groups in total. The Kier molecular flexibility index (Phi) is 3.06. The van der Waals surface area contributed by atoms with Crippen LogP contribution in [0.15, 0.2) is 23.0 Å². The molecule has 19 heavy (non-hydrogen) atoms. The van der Waals surface area contributed by atoms with Crippen LogP contribution >= 0.6 is 0 Å². The van der Waals surface area contributed by atoms with Crippen molar-refractivity contribution < 1.29 is 5.11 Å². The van der Waals surface area contributed by atoms with Crippen molar-refractivity contribution >= 4 is 11.0 Å². The molecular formula is C14H19N3O2. The number of hydrogen-bond acceptors (Lipinski definition) is 3. The first-order chi connectivity index (χ1) is 9.15. The van der Waals surface area contributed by atoms with E-state index in [1.165, 1.54) is 0 Å². The molecule has 1 aliphatic heterocycles. The van der Waals surface area contributed by atoms with Crippen LogP contribution < -0.4 is 5.69 Å². The smallest absolute Gasteiger partial charge is 0.326 e. The molecule has 2 aromatic rings. The van der Waals surface area contributed by atoms with Crippen molar-refractivity contribution in [1.29, 1.82) is 0 Å². The number of phenolic OH excluding ortho intramolecular Hbond substituents is 1. The molecule has 5 nitrogen and oxygen atoms in total. The summed E-state index contributed by atoms with van der Waals surface area (Å²) >= 11 is 0. The molecule has 0 unspecified atom stereocenters. The Bertz CT molecular complexity index is 636. The SMILES string of the molecule is CN1CCC(Cn2c(=O)[nH]c3c(O)cccc32)CC1. The number of aromatic nitrogens is 2. The highest BCUT2D eigenvalue weighted by Crippen LogP contribution is 2.23. The van der Waals surface area contributed by atoms with Crippen LogP contribution in [0.4, 0.5) is 0 Å². The van der Waals surface area contributed by atoms with E-state index in [9.17, 15) is 9.90 Å². The first kappa shape index (κ1) is 12.3. The Morgan fingerprint density at radius 1 is 1.37 bits per heavy atom. The summed E-state index contributed by atoms with van der Waals surface area (Å²) in [6.45, 7) is 2.91. The summed E-state index contributed by atoms with van der Waals surface area (Å²) in [6.07, 6.45) is 2.24. The molecule has 0 bridgehead atoms. The van der Waals surface area contributed by atoms with Gasteiger partial charge in [-0.1, -0.05) is 6.07 Å². The molecule has 0 radical (unpaired) electrons. The molecule has 1 aliphatic rings. The quantitative estimate of drug-likeness (QED) is 0.858. The van der Waals surface area contributed by atoms with Crippen molar-refractivity contribution in [2.75, 3.05) is 20.1 Å². The highest BCUT2D eigenvalue weighted by atomic mass is 16.3. The number of aromatic hydroxyl groups is 1. The minimum Gasteiger partial charge on any atom is -0.506 e. The first-order valence-corrected chi connectivity index (χ1v) is 6.74. The van der Waals surface area contributed by atoms with Gasteiger partial charge in [0.05, 0.1) is 5.52 Å². The van der Waals surface area contributed by atoms with Crippen LogP contribution in [-0.4, -0.2) is 39.7 Å². The average Bonchev–Trinajstić information content (AvgIpc) is 2.71. The minimum atomic E-state index is -0.129. The molecule has 0 amide bonds. The number of benzene rings is 1. The number of nitrogens with zero attached hydrogens (tertiary/aromatic N) is 2. The number of fused-ring (bicyclic) bond motifs is 1. The van der Waals surface area contributed by atoms with E-state index in [4.69, 9.17) is 0 Å². The van der Waals surface area contributed by atoms with Gasteiger partial charge in [0.2, 0.25) is 0 Å². The standard InChI is InChI=1S/C14H19N3O2/c1-16-7-5-10(6-8-16)9-17-11-3-2-4-12(18)13(11)15-14(17)19/h2-4,10,18H,5-9H2,1H3,(H,15,19). The van der Waals surface area contributed by atoms with E-state index in [1.54, 1.807) is 16.7 Å². The van der Waals surface area contributed by atoms with Gasteiger partial charge in [0.15, 0.2) is 0 Å². The van der Waals surface area contributed by atoms with Crippen LogP contribution in [0.5, 0.6) is 5.75 Å². The Hall–Kier alpha value is -1.75. The average molecular weight is 261 g/mol. The largest absolute Gasteiger partial charge is 0.506 e. The molecule has 5 heteroatoms. The highest BCUT2D eigenvalue weighted by Gasteiger charge is 2.19. The Labute approximate surface area is 111 Å². The van der Waals surface area contributed by atoms with E-state index < -0.39 is 0 Å². The zero-order valence-electron chi connectivity index (χ0n) is 11.1. The van der Waals surface area contributed by atoms with Gasteiger partial charge in [-0.25, -0.2) is 4.79 Å². The van der Waals surface area contributed by atoms with Crippen LogP contribution in [0.2, 0.25) is 0 Å². The van der Waals surface area contributed by atoms with Crippen LogP contribution in [0, 0.1) is 5.92 Å². The molecule has 1 saturated heterocycles. The zero-order chi connectivity index (χ0) is 13.4. The van der Waals surface area contributed by atoms with Crippen molar-refractivity contribution in [2.45, 2.75) is 19.4 Å². The number of imidazole rings is 1. The van der Waals surface area contributed by atoms with Gasteiger partial charge >= 0.3 is 5.69 Å². The Balaban J connectivity index is 1.91. The van der Waals surface area contributed by atoms with Crippen molar-refractivity contribution in [3.8, 4) is 5.75 Å². The van der Waals surface area contributed by atoms with Crippen molar-refractivity contribution in [3.63, 3.8) is 0 Å². The third-order valence-corrected chi connectivity index (χ3v) is 4.07. The Morgan fingerprint density at radius 2 is 2.11 bits per heavy atom. The molecule has 0 spiro atoms. The predicted octanol–water partition coefficient (Wildman–Crippen LogP) is 1.38. The summed E-state index contributed by atoms with van der Waals surface area (Å²) in [5.74, 6) is 0.673. The number of nitrogens with one attached hydrogen (secondary N) is 1. The molecule has 1 aromatic carbocycles. The molecule has 0 atom stereocenters. The number of H-pyrrole nitrogens is 1. The van der Waals surface area contributed by atoms with Gasteiger partial charge in [0.1, 0.15) is 11.3 Å². The molecule has 3 rings (SSSR count). The van der Waals surface area contributed by atoms with Gasteiger partial charge in [-0.05, 0) is 51.0 Å². The molecule has 1 aromatic heterocycles. The number of rotatable bonds is 2. The maximum absolute atomic E-state index is 12.0. The van der Waals surface area contributed by atoms with Gasteiger partial charge in [-0.3, -0.25) is 4.57 Å². The normalized spacial score (nSPS) is 18.2. The molecule has 2 heterocycles. The zero-order valence-corrected chi connectivity index (χ0v) is 11.1. The summed E-state index contributed by atoms with van der Waals surface area (Å²) in [4.78, 5) is 17.1. The van der Waals surface area contributed by atoms with E-state index in [0.717, 1.165) is 38.0 Å². The third kappa shape index (κ3) is 2.26. The number of hydrogen-bond donors (Lipinski definition) is 2. The summed E-state index contributed by atoms with van der Waals surface area (Å²) in [5.41, 5.74) is 1.21. The lowest BCUT2D eigenvalue weighted by atomic mass is 9.97. The van der Waals surface area contributed by atoms with Crippen molar-refractivity contribution in [3.05, 3.63) is 28.7 Å². The summed E-state index contributed by atoms with van der Waals surface area (Å²) in [7, 11) is 2.13. The van der Waals surface area contributed by atoms with Gasteiger partial charge in [0, 0.05) is 6.54 Å². The molecule has 1 fully saturated rings. The number of para-hydroxylation sites is 1. The summed E-state index contributed by atoms with van der Waals surface area (Å²) < 4.78 is 1.76. The van der Waals surface area contributed by atoms with Gasteiger partial charge in [0.25, 0.3) is 0 Å². The van der Waals surface area contributed by atoms with Crippen molar-refractivity contribution in [2.24, 2.45) is 5.92 Å². The summed E-state index contributed by atoms with van der Waals surface area (Å²) in [6, 6.07) is 5.25. The van der Waals surface area contributed by atoms with Gasteiger partial charge in [-0.2, -0.15) is 0 Å². The van der Waals surface area contributed by atoms with E-state index in [2.05, 4.69) is 16.9 Å². The first-order valence-electron chi connectivity index (χ1n) is 6.74. The fraction of sp³-hybridized carbons (Fsp3) is 0.500. The van der Waals surface area contributed by atoms with Crippen LogP contribution in [0.1, 0.15) is 12.8 Å². The van der Waals surface area contributed by atoms with E-state index in [-0.39, 0.29) is 11.4 Å². The monoisotopic (exact) mass is 261 g/mol. The number of piperidine rings is 1. The maximum atomic E-state index is 12.0. The highest BCUT2D eigenvalue weighted by molar-refractivity contribution is 5.81. The number of phenols is 1. The molecule has 0 aliphatic carbocycles. The molecule has 102 valence electrons. The van der Waals surface area contributed by atoms with E-state index >= 15 is 0 Å². The molecular weight excluding hydrogens is 242 g/mol. The third-order valence-electron chi connectivity index (χ3n) is 4.07. The van der Waals surface area contributed by atoms with Gasteiger partial charge in [-0.15, -0.1) is 0 Å². The predicted molar refractivity (Wildman–Crippen MR) is 74.4 cm³/mol. The van der Waals surface area contributed by atoms with Crippen molar-refractivity contribution in [1.82, 2.24) is 14.5 Å². The summed E-state index contributed by atoms with van der Waals surface area (Å²) in [5, 5.41) is 9.76. The second-order valence-electron chi connectivity index (χ2n) is 5.46. The van der Waals surface area contributed by atoms with Gasteiger partial charge < -0.3 is 15.0 Å². The molecule has 0 saturated carbocycles. The lowest BCUT2D eigenvalue weighted by Gasteiger charge is -2.28. The van der Waals surface area contributed by atoms with Crippen LogP contribution in [0.25, 0.3) is 11.0 Å². The second kappa shape index (κ2) is 4.74. The maximum Gasteiger partial charge on any atom is 0.326 e. The fourth-order valence-corrected chi connectivity index (χ4v) is 2.85. The number of aromatic amines is 1. The van der Waals surface area contributed by atoms with Crippen LogP contribution in [-0.2, 0) is 6.54 Å². The minimum absolute atomic E-state index is 0.129. The lowest BCUT2D eigenvalue weighted by Crippen LogP contribution is -2.33. The second-order valence-corrected chi connectivity index (χ2v) is 5.46. The van der Waals surface area contributed by atoms with E-state index in [0.29, 0.717) is 11.4 Å². The topological polar surface area (TPSA) is 61.3 Å². The lowest BCUT2D eigenvalue weighted by molar-refractivity contribution is 0.205. The number of likely N-dealkylation sites (tertiary alicyclic amines) is 1. The van der Waals surface area contributed by atoms with Crippen LogP contribution in [0.3, 0.4) is 0 Å². The van der Waals surface area contributed by atoms with E-state index in [1.807, 2.05) is 6.07 Å². The Morgan fingerprint density at radius 3 is 2.84 bits per heavy atom.